The first kappa shape index (κ1) is 16.7. The minimum atomic E-state index is -0.551. The molecule has 0 unspecified atom stereocenters. The standard InChI is InChI=1S/C19H19N3O3/c1-3-22-15-11-7-5-9-13(15)18(23)17(21-22)19(24)20-14-10-6-8-12-16(14)25-4-2/h5-12H,3-4H2,1-2H3,(H,20,24). The minimum Gasteiger partial charge on any atom is -0.492 e. The number of carbonyl (C=O) groups excluding carboxylic acids is 1. The molecule has 0 atom stereocenters. The summed E-state index contributed by atoms with van der Waals surface area (Å²) in [4.78, 5) is 25.3. The quantitative estimate of drug-likeness (QED) is 0.776. The predicted molar refractivity (Wildman–Crippen MR) is 97.2 cm³/mol. The fourth-order valence-electron chi connectivity index (χ4n) is 2.66. The molecule has 6 nitrogen and oxygen atoms in total. The monoisotopic (exact) mass is 337 g/mol. The molecule has 0 aliphatic rings. The molecule has 128 valence electrons. The zero-order valence-electron chi connectivity index (χ0n) is 14.2. The molecule has 0 aliphatic carbocycles. The van der Waals surface area contributed by atoms with Crippen LogP contribution in [0, 0.1) is 0 Å². The fraction of sp³-hybridized carbons (Fsp3) is 0.211. The Kier molecular flexibility index (Phi) is 4.79. The maximum Gasteiger partial charge on any atom is 0.280 e. The SMILES string of the molecule is CCOc1ccccc1NC(=O)c1nn(CC)c2ccccc2c1=O. The Morgan fingerprint density at radius 1 is 1.12 bits per heavy atom. The number of hydrogen-bond acceptors (Lipinski definition) is 4. The second-order valence-corrected chi connectivity index (χ2v) is 5.39. The van der Waals surface area contributed by atoms with Crippen molar-refractivity contribution in [1.82, 2.24) is 9.78 Å². The molecule has 0 spiro atoms. The van der Waals surface area contributed by atoms with Crippen molar-refractivity contribution in [2.75, 3.05) is 11.9 Å². The van der Waals surface area contributed by atoms with Crippen molar-refractivity contribution in [2.24, 2.45) is 0 Å². The summed E-state index contributed by atoms with van der Waals surface area (Å²) >= 11 is 0. The van der Waals surface area contributed by atoms with Gasteiger partial charge in [0.1, 0.15) is 5.75 Å². The van der Waals surface area contributed by atoms with Gasteiger partial charge in [-0.1, -0.05) is 24.3 Å². The number of fused-ring (bicyclic) bond motifs is 1. The first-order valence-electron chi connectivity index (χ1n) is 8.18. The van der Waals surface area contributed by atoms with E-state index >= 15 is 0 Å². The molecule has 1 heterocycles. The van der Waals surface area contributed by atoms with E-state index in [4.69, 9.17) is 4.74 Å². The van der Waals surface area contributed by atoms with Crippen molar-refractivity contribution in [3.05, 3.63) is 64.4 Å². The van der Waals surface area contributed by atoms with Crippen LogP contribution in [0.3, 0.4) is 0 Å². The summed E-state index contributed by atoms with van der Waals surface area (Å²) < 4.78 is 7.15. The Bertz CT molecular complexity index is 979. The zero-order chi connectivity index (χ0) is 17.8. The molecule has 2 aromatic carbocycles. The lowest BCUT2D eigenvalue weighted by molar-refractivity contribution is 0.101. The van der Waals surface area contributed by atoms with Gasteiger partial charge in [0, 0.05) is 11.9 Å². The van der Waals surface area contributed by atoms with E-state index in [9.17, 15) is 9.59 Å². The minimum absolute atomic E-state index is 0.133. The lowest BCUT2D eigenvalue weighted by Gasteiger charge is -2.12. The van der Waals surface area contributed by atoms with Gasteiger partial charge in [-0.3, -0.25) is 14.3 Å². The predicted octanol–water partition coefficient (Wildman–Crippen LogP) is 3.07. The van der Waals surface area contributed by atoms with Crippen LogP contribution in [0.5, 0.6) is 5.75 Å². The number of aromatic nitrogens is 2. The fourth-order valence-corrected chi connectivity index (χ4v) is 2.66. The number of ether oxygens (including phenoxy) is 1. The average molecular weight is 337 g/mol. The number of carbonyl (C=O) groups is 1. The third-order valence-electron chi connectivity index (χ3n) is 3.81. The second-order valence-electron chi connectivity index (χ2n) is 5.39. The first-order chi connectivity index (χ1) is 12.2. The Morgan fingerprint density at radius 3 is 2.60 bits per heavy atom. The van der Waals surface area contributed by atoms with Gasteiger partial charge in [0.2, 0.25) is 5.43 Å². The van der Waals surface area contributed by atoms with Gasteiger partial charge in [-0.2, -0.15) is 5.10 Å². The van der Waals surface area contributed by atoms with E-state index in [1.165, 1.54) is 0 Å². The molecule has 6 heteroatoms. The largest absolute Gasteiger partial charge is 0.492 e. The second kappa shape index (κ2) is 7.17. The number of hydrogen-bond donors (Lipinski definition) is 1. The van der Waals surface area contributed by atoms with E-state index in [2.05, 4.69) is 10.4 Å². The van der Waals surface area contributed by atoms with Crippen molar-refractivity contribution in [2.45, 2.75) is 20.4 Å². The maximum atomic E-state index is 12.7. The van der Waals surface area contributed by atoms with E-state index < -0.39 is 5.91 Å². The van der Waals surface area contributed by atoms with Crippen LogP contribution in [0.1, 0.15) is 24.3 Å². The van der Waals surface area contributed by atoms with Gasteiger partial charge in [-0.05, 0) is 38.1 Å². The van der Waals surface area contributed by atoms with Crippen molar-refractivity contribution in [1.29, 1.82) is 0 Å². The van der Waals surface area contributed by atoms with E-state index in [-0.39, 0.29) is 11.1 Å². The lowest BCUT2D eigenvalue weighted by atomic mass is 10.2. The molecule has 0 saturated heterocycles. The number of aryl methyl sites for hydroxylation is 1. The molecule has 1 amide bonds. The summed E-state index contributed by atoms with van der Waals surface area (Å²) in [7, 11) is 0. The highest BCUT2D eigenvalue weighted by Gasteiger charge is 2.18. The van der Waals surface area contributed by atoms with Gasteiger partial charge in [0.05, 0.1) is 17.8 Å². The van der Waals surface area contributed by atoms with Gasteiger partial charge in [-0.15, -0.1) is 0 Å². The molecule has 1 aromatic heterocycles. The number of nitrogens with one attached hydrogen (secondary N) is 1. The van der Waals surface area contributed by atoms with Crippen LogP contribution < -0.4 is 15.5 Å². The van der Waals surface area contributed by atoms with Crippen LogP contribution in [-0.2, 0) is 6.54 Å². The molecular formula is C19H19N3O3. The van der Waals surface area contributed by atoms with Gasteiger partial charge >= 0.3 is 0 Å². The summed E-state index contributed by atoms with van der Waals surface area (Å²) in [5.41, 5.74) is 0.701. The highest BCUT2D eigenvalue weighted by atomic mass is 16.5. The third kappa shape index (κ3) is 3.24. The van der Waals surface area contributed by atoms with Crippen LogP contribution in [0.25, 0.3) is 10.9 Å². The van der Waals surface area contributed by atoms with E-state index in [0.717, 1.165) is 0 Å². The Labute approximate surface area is 145 Å². The van der Waals surface area contributed by atoms with Crippen molar-refractivity contribution in [3.63, 3.8) is 0 Å². The lowest BCUT2D eigenvalue weighted by Crippen LogP contribution is -2.27. The molecule has 0 saturated carbocycles. The van der Waals surface area contributed by atoms with Crippen LogP contribution >= 0.6 is 0 Å². The van der Waals surface area contributed by atoms with Crippen LogP contribution in [0.4, 0.5) is 5.69 Å². The number of nitrogens with zero attached hydrogens (tertiary/aromatic N) is 2. The van der Waals surface area contributed by atoms with Gasteiger partial charge in [-0.25, -0.2) is 0 Å². The highest BCUT2D eigenvalue weighted by Crippen LogP contribution is 2.24. The molecule has 1 N–H and O–H groups in total. The van der Waals surface area contributed by atoms with Crippen LogP contribution in [0.2, 0.25) is 0 Å². The Hall–Kier alpha value is -3.15. The van der Waals surface area contributed by atoms with Crippen molar-refractivity contribution >= 4 is 22.5 Å². The first-order valence-corrected chi connectivity index (χ1v) is 8.18. The van der Waals surface area contributed by atoms with Crippen molar-refractivity contribution < 1.29 is 9.53 Å². The Balaban J connectivity index is 2.04. The number of anilines is 1. The Morgan fingerprint density at radius 2 is 1.84 bits per heavy atom. The van der Waals surface area contributed by atoms with Gasteiger partial charge in [0.15, 0.2) is 5.69 Å². The van der Waals surface area contributed by atoms with Crippen LogP contribution in [-0.4, -0.2) is 22.3 Å². The summed E-state index contributed by atoms with van der Waals surface area (Å²) in [6, 6.07) is 14.2. The number of rotatable bonds is 5. The average Bonchev–Trinajstić information content (AvgIpc) is 2.64. The summed E-state index contributed by atoms with van der Waals surface area (Å²) in [5, 5.41) is 7.45. The van der Waals surface area contributed by atoms with E-state index in [1.807, 2.05) is 32.0 Å². The molecular weight excluding hydrogens is 318 g/mol. The van der Waals surface area contributed by atoms with Crippen molar-refractivity contribution in [3.8, 4) is 5.75 Å². The van der Waals surface area contributed by atoms with Gasteiger partial charge < -0.3 is 10.1 Å². The molecule has 0 bridgehead atoms. The topological polar surface area (TPSA) is 73.2 Å². The smallest absolute Gasteiger partial charge is 0.280 e. The summed E-state index contributed by atoms with van der Waals surface area (Å²) in [5.74, 6) is 0.0000577. The molecule has 3 aromatic rings. The van der Waals surface area contributed by atoms with Crippen LogP contribution in [0.15, 0.2) is 53.3 Å². The molecule has 0 aliphatic heterocycles. The zero-order valence-corrected chi connectivity index (χ0v) is 14.2. The third-order valence-corrected chi connectivity index (χ3v) is 3.81. The van der Waals surface area contributed by atoms with Gasteiger partial charge in [0.25, 0.3) is 5.91 Å². The normalized spacial score (nSPS) is 10.6. The maximum absolute atomic E-state index is 12.7. The van der Waals surface area contributed by atoms with E-state index in [1.54, 1.807) is 35.0 Å². The highest BCUT2D eigenvalue weighted by molar-refractivity contribution is 6.05. The van der Waals surface area contributed by atoms with E-state index in [0.29, 0.717) is 35.5 Å². The molecule has 0 radical (unpaired) electrons. The number of amides is 1. The number of para-hydroxylation sites is 3. The summed E-state index contributed by atoms with van der Waals surface area (Å²) in [6.45, 7) is 4.81. The molecule has 3 rings (SSSR count). The number of benzene rings is 2. The molecule has 25 heavy (non-hydrogen) atoms. The molecule has 0 fully saturated rings. The summed E-state index contributed by atoms with van der Waals surface area (Å²) in [6.07, 6.45) is 0.